The molecular weight excluding hydrogens is 284 g/mol. The van der Waals surface area contributed by atoms with Gasteiger partial charge in [-0.1, -0.05) is 0 Å². The second-order valence-corrected chi connectivity index (χ2v) is 4.78. The molecule has 0 saturated heterocycles. The molecule has 0 aliphatic rings. The van der Waals surface area contributed by atoms with Gasteiger partial charge in [-0.3, -0.25) is 9.63 Å². The minimum absolute atomic E-state index is 0.307. The van der Waals surface area contributed by atoms with E-state index in [-0.39, 0.29) is 11.9 Å². The third kappa shape index (κ3) is 3.57. The lowest BCUT2D eigenvalue weighted by molar-refractivity contribution is -0.162. The van der Waals surface area contributed by atoms with Crippen LogP contribution < -0.4 is 0 Å². The largest absolute Gasteiger partial charge is 0.462 e. The Hall–Kier alpha value is -2.08. The van der Waals surface area contributed by atoms with Gasteiger partial charge in [0.15, 0.2) is 0 Å². The van der Waals surface area contributed by atoms with E-state index in [1.165, 1.54) is 20.2 Å². The van der Waals surface area contributed by atoms with Crippen molar-refractivity contribution in [2.75, 3.05) is 20.8 Å². The van der Waals surface area contributed by atoms with Crippen LogP contribution in [0.4, 0.5) is 0 Å². The Balaban J connectivity index is 3.30. The van der Waals surface area contributed by atoms with Crippen molar-refractivity contribution in [3.8, 4) is 0 Å². The third-order valence-corrected chi connectivity index (χ3v) is 3.60. The molecule has 122 valence electrons. The molecule has 6 heteroatoms. The number of carbonyl (C=O) groups excluding carboxylic acids is 2. The summed E-state index contributed by atoms with van der Waals surface area (Å²) in [5, 5.41) is 1.11. The van der Waals surface area contributed by atoms with Crippen LogP contribution in [0.5, 0.6) is 0 Å². The van der Waals surface area contributed by atoms with Crippen LogP contribution in [0.3, 0.4) is 0 Å². The zero-order valence-electron chi connectivity index (χ0n) is 14.1. The molecule has 0 fully saturated rings. The highest BCUT2D eigenvalue weighted by atomic mass is 16.7. The standard InChI is InChI=1S/C16H24N2O4/c1-7-18-11(3)13(9-10-14(19)17(5)21-6)15(12(18)4)16(20)22-8-2/h9-10H,7-8H2,1-6H3/b10-9+. The zero-order chi connectivity index (χ0) is 16.9. The molecule has 0 N–H and O–H groups in total. The van der Waals surface area contributed by atoms with Gasteiger partial charge in [0.1, 0.15) is 0 Å². The maximum Gasteiger partial charge on any atom is 0.340 e. The van der Waals surface area contributed by atoms with E-state index in [1.54, 1.807) is 13.0 Å². The summed E-state index contributed by atoms with van der Waals surface area (Å²) in [6.45, 7) is 8.62. The van der Waals surface area contributed by atoms with E-state index >= 15 is 0 Å². The number of rotatable bonds is 6. The topological polar surface area (TPSA) is 60.8 Å². The van der Waals surface area contributed by atoms with E-state index in [1.807, 2.05) is 25.3 Å². The van der Waals surface area contributed by atoms with E-state index in [0.717, 1.165) is 23.0 Å². The molecule has 1 heterocycles. The van der Waals surface area contributed by atoms with Crippen LogP contribution in [0.15, 0.2) is 6.08 Å². The van der Waals surface area contributed by atoms with Crippen LogP contribution in [0.2, 0.25) is 0 Å². The Morgan fingerprint density at radius 3 is 2.36 bits per heavy atom. The van der Waals surface area contributed by atoms with E-state index in [2.05, 4.69) is 0 Å². The van der Waals surface area contributed by atoms with Gasteiger partial charge in [-0.2, -0.15) is 0 Å². The fourth-order valence-corrected chi connectivity index (χ4v) is 2.40. The first-order chi connectivity index (χ1) is 10.4. The fourth-order valence-electron chi connectivity index (χ4n) is 2.40. The zero-order valence-corrected chi connectivity index (χ0v) is 14.1. The van der Waals surface area contributed by atoms with Crippen molar-refractivity contribution in [2.24, 2.45) is 0 Å². The number of nitrogens with zero attached hydrogens (tertiary/aromatic N) is 2. The van der Waals surface area contributed by atoms with Crippen LogP contribution in [0, 0.1) is 13.8 Å². The SMILES string of the molecule is CCOC(=O)c1c(/C=C/C(=O)N(C)OC)c(C)n(CC)c1C. The molecule has 6 nitrogen and oxygen atoms in total. The second kappa shape index (κ2) is 7.79. The Morgan fingerprint density at radius 2 is 1.86 bits per heavy atom. The molecule has 0 spiro atoms. The molecule has 0 aliphatic carbocycles. The van der Waals surface area contributed by atoms with Gasteiger partial charge in [0, 0.05) is 36.6 Å². The molecule has 1 aromatic rings. The molecule has 1 aromatic heterocycles. The number of hydroxylamine groups is 2. The summed E-state index contributed by atoms with van der Waals surface area (Å²) in [6.07, 6.45) is 3.02. The van der Waals surface area contributed by atoms with Crippen molar-refractivity contribution in [3.05, 3.63) is 28.6 Å². The average Bonchev–Trinajstić information content (AvgIpc) is 2.74. The fraction of sp³-hybridized carbons (Fsp3) is 0.500. The highest BCUT2D eigenvalue weighted by Crippen LogP contribution is 2.25. The van der Waals surface area contributed by atoms with Crippen molar-refractivity contribution in [1.29, 1.82) is 0 Å². The Morgan fingerprint density at radius 1 is 1.23 bits per heavy atom. The van der Waals surface area contributed by atoms with Crippen molar-refractivity contribution < 1.29 is 19.2 Å². The van der Waals surface area contributed by atoms with E-state index in [9.17, 15) is 9.59 Å². The Labute approximate surface area is 131 Å². The highest BCUT2D eigenvalue weighted by molar-refractivity contribution is 5.98. The number of hydrogen-bond donors (Lipinski definition) is 0. The van der Waals surface area contributed by atoms with Crippen LogP contribution >= 0.6 is 0 Å². The highest BCUT2D eigenvalue weighted by Gasteiger charge is 2.22. The molecule has 0 saturated carbocycles. The first kappa shape index (κ1) is 18.0. The number of esters is 1. The van der Waals surface area contributed by atoms with Gasteiger partial charge in [0.05, 0.1) is 19.3 Å². The van der Waals surface area contributed by atoms with Gasteiger partial charge < -0.3 is 9.30 Å². The summed E-state index contributed by atoms with van der Waals surface area (Å²) in [7, 11) is 2.94. The van der Waals surface area contributed by atoms with E-state index in [0.29, 0.717) is 17.7 Å². The van der Waals surface area contributed by atoms with Crippen molar-refractivity contribution in [3.63, 3.8) is 0 Å². The summed E-state index contributed by atoms with van der Waals surface area (Å²) < 4.78 is 7.16. The first-order valence-corrected chi connectivity index (χ1v) is 7.25. The van der Waals surface area contributed by atoms with Crippen molar-refractivity contribution in [1.82, 2.24) is 9.63 Å². The quantitative estimate of drug-likeness (QED) is 0.460. The summed E-state index contributed by atoms with van der Waals surface area (Å²) >= 11 is 0. The maximum atomic E-state index is 12.2. The van der Waals surface area contributed by atoms with Gasteiger partial charge >= 0.3 is 5.97 Å². The van der Waals surface area contributed by atoms with Crippen LogP contribution in [0.1, 0.15) is 41.2 Å². The summed E-state index contributed by atoms with van der Waals surface area (Å²) in [4.78, 5) is 28.9. The smallest absolute Gasteiger partial charge is 0.340 e. The summed E-state index contributed by atoms with van der Waals surface area (Å²) in [6, 6.07) is 0. The molecule has 1 rings (SSSR count). The lowest BCUT2D eigenvalue weighted by Crippen LogP contribution is -2.23. The predicted molar refractivity (Wildman–Crippen MR) is 84.3 cm³/mol. The Kier molecular flexibility index (Phi) is 6.37. The number of aromatic nitrogens is 1. The molecular formula is C16H24N2O4. The lowest BCUT2D eigenvalue weighted by Gasteiger charge is -2.10. The molecule has 0 unspecified atom stereocenters. The molecule has 0 bridgehead atoms. The van der Waals surface area contributed by atoms with Gasteiger partial charge in [-0.05, 0) is 33.8 Å². The molecule has 22 heavy (non-hydrogen) atoms. The van der Waals surface area contributed by atoms with E-state index in [4.69, 9.17) is 9.57 Å². The predicted octanol–water partition coefficient (Wildman–Crippen LogP) is 2.33. The number of ether oxygens (including phenoxy) is 1. The van der Waals surface area contributed by atoms with Gasteiger partial charge in [-0.15, -0.1) is 0 Å². The van der Waals surface area contributed by atoms with Crippen LogP contribution in [-0.4, -0.2) is 42.3 Å². The Bertz CT molecular complexity index is 587. The van der Waals surface area contributed by atoms with Gasteiger partial charge in [0.2, 0.25) is 0 Å². The number of carbonyl (C=O) groups is 2. The second-order valence-electron chi connectivity index (χ2n) is 4.78. The molecule has 1 amide bonds. The molecule has 0 aromatic carbocycles. The van der Waals surface area contributed by atoms with E-state index < -0.39 is 0 Å². The van der Waals surface area contributed by atoms with Crippen LogP contribution in [0.25, 0.3) is 6.08 Å². The lowest BCUT2D eigenvalue weighted by atomic mass is 10.1. The summed E-state index contributed by atoms with van der Waals surface area (Å²) in [5.41, 5.74) is 2.97. The molecule has 0 aliphatic heterocycles. The molecule has 0 radical (unpaired) electrons. The van der Waals surface area contributed by atoms with Crippen molar-refractivity contribution >= 4 is 18.0 Å². The normalized spacial score (nSPS) is 11.0. The number of likely N-dealkylation sites (N-methyl/N-ethyl adjacent to an activating group) is 1. The molecule has 0 atom stereocenters. The van der Waals surface area contributed by atoms with Gasteiger partial charge in [0.25, 0.3) is 5.91 Å². The van der Waals surface area contributed by atoms with Gasteiger partial charge in [-0.25, -0.2) is 9.86 Å². The number of hydrogen-bond acceptors (Lipinski definition) is 4. The summed E-state index contributed by atoms with van der Waals surface area (Å²) in [5.74, 6) is -0.680. The van der Waals surface area contributed by atoms with Crippen molar-refractivity contribution in [2.45, 2.75) is 34.2 Å². The minimum Gasteiger partial charge on any atom is -0.462 e. The maximum absolute atomic E-state index is 12.2. The minimum atomic E-state index is -0.373. The first-order valence-electron chi connectivity index (χ1n) is 7.25. The monoisotopic (exact) mass is 308 g/mol. The van der Waals surface area contributed by atoms with Crippen LogP contribution in [-0.2, 0) is 20.9 Å². The third-order valence-electron chi connectivity index (χ3n) is 3.60. The average molecular weight is 308 g/mol. The number of amides is 1.